The molecule has 19 nitrogen and oxygen atoms in total. The molecule has 2 fully saturated rings. The van der Waals surface area contributed by atoms with Crippen LogP contribution in [0.4, 0.5) is 8.78 Å². The highest BCUT2D eigenvalue weighted by Crippen LogP contribution is 2.52. The number of carbonyl (C=O) groups is 2. The Kier molecular flexibility index (Phi) is 23.7. The number of rotatable bonds is 32. The van der Waals surface area contributed by atoms with Crippen molar-refractivity contribution in [3.05, 3.63) is 209 Å². The van der Waals surface area contributed by atoms with Gasteiger partial charge in [-0.2, -0.15) is 8.78 Å². The minimum Gasteiger partial charge on any atom is -0.497 e. The molecule has 6 aromatic carbocycles. The molecule has 10 atom stereocenters. The van der Waals surface area contributed by atoms with E-state index in [4.69, 9.17) is 75.8 Å². The predicted molar refractivity (Wildman–Crippen MR) is 309 cm³/mol. The summed E-state index contributed by atoms with van der Waals surface area (Å²) in [5.41, 5.74) is -0.419. The van der Waals surface area contributed by atoms with Crippen molar-refractivity contribution < 1.29 is 94.2 Å². The first kappa shape index (κ1) is 64.3. The van der Waals surface area contributed by atoms with E-state index in [0.29, 0.717) is 17.1 Å². The lowest BCUT2D eigenvalue weighted by Gasteiger charge is -2.53. The number of ether oxygens (including phenoxy) is 16. The van der Waals surface area contributed by atoms with E-state index in [2.05, 4.69) is 5.32 Å². The number of alkyl halides is 2. The third-order valence-corrected chi connectivity index (χ3v) is 14.6. The van der Waals surface area contributed by atoms with Crippen molar-refractivity contribution in [2.24, 2.45) is 0 Å². The third kappa shape index (κ3) is 17.3. The fourth-order valence-electron chi connectivity index (χ4n) is 10.3. The van der Waals surface area contributed by atoms with Crippen LogP contribution in [0.25, 0.3) is 0 Å². The SMILES string of the molecule is COC(=O)[C@@]1(C(F)(F)C2=C[C@H](Oc3ccc(OC)cc3)O[C@@H]3CO[C@H](c4ccc(OC)cc4)O[C@H]23)C[C@H](OCOCc2ccccc2)[C@@H](NC(C)=O)[C@H]([C@H](OCOCc2ccccc2)[C@@H](COCOCc2ccccc2)OCOCc2ccccc2)O1. The molecule has 3 aliphatic heterocycles. The maximum atomic E-state index is 19.5. The van der Waals surface area contributed by atoms with E-state index >= 15 is 13.6 Å². The molecule has 3 heterocycles. The highest BCUT2D eigenvalue weighted by molar-refractivity contribution is 5.82. The summed E-state index contributed by atoms with van der Waals surface area (Å²) in [5.74, 6) is -5.34. The van der Waals surface area contributed by atoms with Crippen molar-refractivity contribution in [1.29, 1.82) is 0 Å². The van der Waals surface area contributed by atoms with Crippen LogP contribution in [0.5, 0.6) is 17.2 Å². The fraction of sp³-hybridized carbons (Fsp3) is 0.394. The van der Waals surface area contributed by atoms with Crippen LogP contribution in [0.3, 0.4) is 0 Å². The largest absolute Gasteiger partial charge is 0.497 e. The summed E-state index contributed by atoms with van der Waals surface area (Å²) in [6, 6.07) is 48.9. The molecule has 87 heavy (non-hydrogen) atoms. The first-order chi connectivity index (χ1) is 42.5. The van der Waals surface area contributed by atoms with Gasteiger partial charge in [0.1, 0.15) is 74.9 Å². The molecular formula is C66H73F2NO18. The molecule has 0 unspecified atom stereocenters. The fourth-order valence-corrected chi connectivity index (χ4v) is 10.3. The minimum absolute atomic E-state index is 0.0456. The second-order valence-corrected chi connectivity index (χ2v) is 20.6. The number of halogens is 2. The topological polar surface area (TPSA) is 194 Å². The van der Waals surface area contributed by atoms with Crippen molar-refractivity contribution in [3.63, 3.8) is 0 Å². The lowest BCUT2D eigenvalue weighted by Crippen LogP contribution is -2.73. The highest BCUT2D eigenvalue weighted by atomic mass is 19.3. The summed E-state index contributed by atoms with van der Waals surface area (Å²) in [6.45, 7) is -0.696. The quantitative estimate of drug-likeness (QED) is 0.0181. The molecule has 2 saturated heterocycles. The second-order valence-electron chi connectivity index (χ2n) is 20.6. The van der Waals surface area contributed by atoms with Crippen molar-refractivity contribution >= 4 is 11.9 Å². The van der Waals surface area contributed by atoms with Gasteiger partial charge >= 0.3 is 11.9 Å². The van der Waals surface area contributed by atoms with Gasteiger partial charge in [-0.15, -0.1) is 0 Å². The number of nitrogens with one attached hydrogen (secondary N) is 1. The zero-order valence-corrected chi connectivity index (χ0v) is 48.8. The summed E-state index contributed by atoms with van der Waals surface area (Å²) in [6.07, 6.45) is -11.9. The molecule has 0 radical (unpaired) electrons. The van der Waals surface area contributed by atoms with Gasteiger partial charge in [-0.05, 0) is 64.7 Å². The summed E-state index contributed by atoms with van der Waals surface area (Å²) < 4.78 is 137. The maximum Gasteiger partial charge on any atom is 0.345 e. The number of carbonyl (C=O) groups excluding carboxylic acids is 2. The zero-order chi connectivity index (χ0) is 60.9. The Hall–Kier alpha value is -7.22. The average Bonchev–Trinajstić information content (AvgIpc) is 0.764. The molecule has 0 saturated carbocycles. The van der Waals surface area contributed by atoms with E-state index in [1.807, 2.05) is 121 Å². The lowest BCUT2D eigenvalue weighted by atomic mass is 9.75. The predicted octanol–water partition coefficient (Wildman–Crippen LogP) is 9.56. The minimum atomic E-state index is -4.46. The van der Waals surface area contributed by atoms with E-state index in [0.717, 1.165) is 35.4 Å². The van der Waals surface area contributed by atoms with Gasteiger partial charge in [0.05, 0.1) is 73.1 Å². The van der Waals surface area contributed by atoms with Gasteiger partial charge in [0.2, 0.25) is 17.8 Å². The van der Waals surface area contributed by atoms with E-state index < -0.39 is 111 Å². The molecule has 464 valence electrons. The Balaban J connectivity index is 1.14. The van der Waals surface area contributed by atoms with Crippen molar-refractivity contribution in [3.8, 4) is 17.2 Å². The third-order valence-electron chi connectivity index (χ3n) is 14.6. The molecule has 0 spiro atoms. The number of benzene rings is 6. The van der Waals surface area contributed by atoms with E-state index in [1.165, 1.54) is 21.1 Å². The Morgan fingerprint density at radius 2 is 1.13 bits per heavy atom. The number of amides is 1. The van der Waals surface area contributed by atoms with Gasteiger partial charge in [0.15, 0.2) is 6.29 Å². The van der Waals surface area contributed by atoms with Crippen LogP contribution in [-0.4, -0.2) is 134 Å². The molecule has 21 heteroatoms. The molecule has 6 aromatic rings. The molecule has 3 aliphatic rings. The summed E-state index contributed by atoms with van der Waals surface area (Å²) >= 11 is 0. The zero-order valence-electron chi connectivity index (χ0n) is 48.8. The molecule has 9 rings (SSSR count). The standard InChI is InChI=1S/C66H73F2NO18/c1-45(70)69-59-55(81-42-76-36-47-19-11-6-12-20-47)34-65(64(71)74-4,66(67,68)54-33-58(84-53-31-29-52(73-3)30-32-53)85-57-40-80-63(86-60(54)57)50-25-27-51(72-2)28-26-50)87-62(59)61(83-44-78-38-49-23-15-8-16-24-49)56(82-43-77-37-48-21-13-7-14-22-48)39-79-41-75-35-46-17-9-5-10-18-46/h5-33,55-63H,34-44H2,1-4H3,(H,69,70)/t55-,56+,57+,58+,59+,60+,61+,62+,63-,65+/m0/s1. The van der Waals surface area contributed by atoms with Crippen LogP contribution in [0.1, 0.15) is 47.5 Å². The Morgan fingerprint density at radius 3 is 1.66 bits per heavy atom. The van der Waals surface area contributed by atoms with E-state index in [-0.39, 0.29) is 52.2 Å². The van der Waals surface area contributed by atoms with Gasteiger partial charge in [0.25, 0.3) is 0 Å². The molecule has 1 N–H and O–H groups in total. The van der Waals surface area contributed by atoms with Crippen LogP contribution in [0.2, 0.25) is 0 Å². The molecule has 0 aliphatic carbocycles. The smallest absolute Gasteiger partial charge is 0.345 e. The van der Waals surface area contributed by atoms with Crippen LogP contribution >= 0.6 is 0 Å². The number of fused-ring (bicyclic) bond motifs is 1. The van der Waals surface area contributed by atoms with Crippen LogP contribution in [-0.2, 0) is 97.6 Å². The van der Waals surface area contributed by atoms with Gasteiger partial charge in [-0.3, -0.25) is 4.79 Å². The highest BCUT2D eigenvalue weighted by Gasteiger charge is 2.71. The van der Waals surface area contributed by atoms with Gasteiger partial charge < -0.3 is 81.1 Å². The first-order valence-electron chi connectivity index (χ1n) is 28.4. The van der Waals surface area contributed by atoms with Crippen LogP contribution in [0.15, 0.2) is 182 Å². The van der Waals surface area contributed by atoms with Gasteiger partial charge in [-0.25, -0.2) is 4.79 Å². The lowest BCUT2D eigenvalue weighted by molar-refractivity contribution is -0.315. The molecule has 1 amide bonds. The normalized spacial score (nSPS) is 22.6. The number of methoxy groups -OCH3 is 3. The van der Waals surface area contributed by atoms with Crippen LogP contribution < -0.4 is 19.5 Å². The summed E-state index contributed by atoms with van der Waals surface area (Å²) in [5, 5.41) is 2.89. The molecule has 0 bridgehead atoms. The molecule has 0 aromatic heterocycles. The average molecular weight is 1210 g/mol. The van der Waals surface area contributed by atoms with Crippen molar-refractivity contribution in [2.45, 2.75) is 107 Å². The number of hydrogen-bond donors (Lipinski definition) is 1. The van der Waals surface area contributed by atoms with Crippen molar-refractivity contribution in [1.82, 2.24) is 5.32 Å². The Labute approximate surface area is 504 Å². The van der Waals surface area contributed by atoms with E-state index in [1.54, 1.807) is 48.5 Å². The van der Waals surface area contributed by atoms with E-state index in [9.17, 15) is 4.79 Å². The monoisotopic (exact) mass is 1210 g/mol. The van der Waals surface area contributed by atoms with Gasteiger partial charge in [0, 0.05) is 24.5 Å². The van der Waals surface area contributed by atoms with Crippen LogP contribution in [0, 0.1) is 0 Å². The Bertz CT molecular complexity index is 3040. The maximum absolute atomic E-state index is 19.5. The van der Waals surface area contributed by atoms with Gasteiger partial charge in [-0.1, -0.05) is 133 Å². The Morgan fingerprint density at radius 1 is 0.621 bits per heavy atom. The first-order valence-corrected chi connectivity index (χ1v) is 28.4. The number of hydrogen-bond acceptors (Lipinski definition) is 18. The summed E-state index contributed by atoms with van der Waals surface area (Å²) in [4.78, 5) is 28.9. The second kappa shape index (κ2) is 32.1. The number of esters is 1. The molecular weight excluding hydrogens is 1130 g/mol. The summed E-state index contributed by atoms with van der Waals surface area (Å²) in [7, 11) is 3.97. The van der Waals surface area contributed by atoms with Crippen molar-refractivity contribution in [2.75, 3.05) is 61.7 Å².